The van der Waals surface area contributed by atoms with Crippen LogP contribution in [0.2, 0.25) is 0 Å². The van der Waals surface area contributed by atoms with Gasteiger partial charge in [-0.3, -0.25) is 0 Å². The zero-order chi connectivity index (χ0) is 22.7. The van der Waals surface area contributed by atoms with Crippen molar-refractivity contribution in [2.24, 2.45) is 5.41 Å². The number of piperidine rings is 2. The minimum Gasteiger partial charge on any atom is -0.372 e. The monoisotopic (exact) mass is 439 g/mol. The van der Waals surface area contributed by atoms with E-state index < -0.39 is 0 Å². The van der Waals surface area contributed by atoms with Crippen LogP contribution in [-0.2, 0) is 11.3 Å². The molecule has 6 nitrogen and oxygen atoms in total. The summed E-state index contributed by atoms with van der Waals surface area (Å²) in [4.78, 5) is 9.82. The number of hydrogen-bond acceptors (Lipinski definition) is 5. The summed E-state index contributed by atoms with van der Waals surface area (Å²) in [7, 11) is 2.18. The van der Waals surface area contributed by atoms with Gasteiger partial charge in [-0.1, -0.05) is 20.8 Å². The van der Waals surface area contributed by atoms with E-state index in [1.165, 1.54) is 24.9 Å². The molecule has 2 saturated heterocycles. The second-order valence-electron chi connectivity index (χ2n) is 10.7. The highest BCUT2D eigenvalue weighted by Gasteiger charge is 2.27. The molecule has 2 aliphatic heterocycles. The van der Waals surface area contributed by atoms with Crippen LogP contribution in [0.4, 0.5) is 5.69 Å². The summed E-state index contributed by atoms with van der Waals surface area (Å²) in [5.41, 5.74) is 2.47. The SMILES string of the molecule is CC(n1nc(-c2ccc(N3CCCCC3)cc2)nc1COC1CCN(C)CC1)C(C)(C)C. The molecule has 2 fully saturated rings. The second kappa shape index (κ2) is 9.92. The fourth-order valence-corrected chi connectivity index (χ4v) is 4.57. The predicted molar refractivity (Wildman–Crippen MR) is 131 cm³/mol. The van der Waals surface area contributed by atoms with Gasteiger partial charge in [0.15, 0.2) is 11.6 Å². The number of anilines is 1. The van der Waals surface area contributed by atoms with E-state index in [0.717, 1.165) is 56.2 Å². The Bertz CT molecular complexity index is 855. The van der Waals surface area contributed by atoms with Gasteiger partial charge in [-0.25, -0.2) is 9.67 Å². The largest absolute Gasteiger partial charge is 0.372 e. The number of benzene rings is 1. The van der Waals surface area contributed by atoms with Crippen molar-refractivity contribution in [3.8, 4) is 11.4 Å². The summed E-state index contributed by atoms with van der Waals surface area (Å²) in [6, 6.07) is 9.03. The van der Waals surface area contributed by atoms with Crippen molar-refractivity contribution < 1.29 is 4.74 Å². The molecule has 1 unspecified atom stereocenters. The van der Waals surface area contributed by atoms with Gasteiger partial charge in [0.25, 0.3) is 0 Å². The lowest BCUT2D eigenvalue weighted by molar-refractivity contribution is -0.00347. The molecule has 176 valence electrons. The van der Waals surface area contributed by atoms with Crippen LogP contribution in [0.5, 0.6) is 0 Å². The molecule has 1 aromatic heterocycles. The highest BCUT2D eigenvalue weighted by Crippen LogP contribution is 2.32. The maximum atomic E-state index is 6.31. The summed E-state index contributed by atoms with van der Waals surface area (Å²) in [6.45, 7) is 14.1. The van der Waals surface area contributed by atoms with Gasteiger partial charge in [-0.05, 0) is 75.8 Å². The van der Waals surface area contributed by atoms with Gasteiger partial charge in [-0.15, -0.1) is 0 Å². The smallest absolute Gasteiger partial charge is 0.181 e. The molecule has 0 spiro atoms. The third kappa shape index (κ3) is 5.52. The fourth-order valence-electron chi connectivity index (χ4n) is 4.57. The molecule has 1 aromatic carbocycles. The highest BCUT2D eigenvalue weighted by atomic mass is 16.5. The quantitative estimate of drug-likeness (QED) is 0.623. The van der Waals surface area contributed by atoms with Crippen molar-refractivity contribution in [1.82, 2.24) is 19.7 Å². The molecule has 0 amide bonds. The van der Waals surface area contributed by atoms with E-state index in [2.05, 4.69) is 73.5 Å². The minimum absolute atomic E-state index is 0.0887. The molecule has 6 heteroatoms. The molecule has 2 aromatic rings. The van der Waals surface area contributed by atoms with E-state index in [-0.39, 0.29) is 11.5 Å². The van der Waals surface area contributed by atoms with Crippen LogP contribution in [0.15, 0.2) is 24.3 Å². The number of hydrogen-bond donors (Lipinski definition) is 0. The standard InChI is InChI=1S/C26H41N5O/c1-20(26(2,3)4)31-24(19-32-23-13-17-29(5)18-14-23)27-25(28-31)21-9-11-22(12-10-21)30-15-7-6-8-16-30/h9-12,20,23H,6-8,13-19H2,1-5H3. The van der Waals surface area contributed by atoms with Crippen LogP contribution < -0.4 is 4.90 Å². The number of nitrogens with zero attached hydrogens (tertiary/aromatic N) is 5. The molecule has 2 aliphatic rings. The lowest BCUT2D eigenvalue weighted by Gasteiger charge is -2.30. The van der Waals surface area contributed by atoms with Crippen LogP contribution in [-0.4, -0.2) is 59.0 Å². The van der Waals surface area contributed by atoms with E-state index in [0.29, 0.717) is 12.7 Å². The van der Waals surface area contributed by atoms with Crippen LogP contribution in [0, 0.1) is 5.41 Å². The normalized spacial score (nSPS) is 20.0. The van der Waals surface area contributed by atoms with Gasteiger partial charge >= 0.3 is 0 Å². The first-order chi connectivity index (χ1) is 15.3. The van der Waals surface area contributed by atoms with Crippen LogP contribution in [0.1, 0.15) is 71.7 Å². The van der Waals surface area contributed by atoms with Crippen molar-refractivity contribution in [2.75, 3.05) is 38.1 Å². The van der Waals surface area contributed by atoms with Crippen molar-refractivity contribution in [3.05, 3.63) is 30.1 Å². The predicted octanol–water partition coefficient (Wildman–Crippen LogP) is 5.15. The first kappa shape index (κ1) is 23.2. The molecule has 0 bridgehead atoms. The van der Waals surface area contributed by atoms with Crippen LogP contribution in [0.25, 0.3) is 11.4 Å². The van der Waals surface area contributed by atoms with E-state index in [4.69, 9.17) is 14.8 Å². The molecular weight excluding hydrogens is 398 g/mol. The van der Waals surface area contributed by atoms with Gasteiger partial charge in [-0.2, -0.15) is 5.10 Å². The van der Waals surface area contributed by atoms with Gasteiger partial charge in [0, 0.05) is 37.4 Å². The molecule has 0 N–H and O–H groups in total. The number of likely N-dealkylation sites (tertiary alicyclic amines) is 1. The first-order valence-corrected chi connectivity index (χ1v) is 12.4. The topological polar surface area (TPSA) is 46.4 Å². The van der Waals surface area contributed by atoms with E-state index in [1.54, 1.807) is 0 Å². The van der Waals surface area contributed by atoms with Crippen molar-refractivity contribution in [2.45, 2.75) is 78.6 Å². The maximum absolute atomic E-state index is 6.31. The van der Waals surface area contributed by atoms with Gasteiger partial charge < -0.3 is 14.5 Å². The third-order valence-electron chi connectivity index (χ3n) is 7.28. The Morgan fingerprint density at radius 1 is 1.00 bits per heavy atom. The Kier molecular flexibility index (Phi) is 7.21. The van der Waals surface area contributed by atoms with E-state index >= 15 is 0 Å². The number of ether oxygens (including phenoxy) is 1. The maximum Gasteiger partial charge on any atom is 0.181 e. The van der Waals surface area contributed by atoms with Gasteiger partial charge in [0.1, 0.15) is 6.61 Å². The van der Waals surface area contributed by atoms with E-state index in [9.17, 15) is 0 Å². The Labute approximate surface area is 194 Å². The summed E-state index contributed by atoms with van der Waals surface area (Å²) in [5.74, 6) is 1.73. The zero-order valence-corrected chi connectivity index (χ0v) is 20.7. The molecule has 3 heterocycles. The van der Waals surface area contributed by atoms with Gasteiger partial charge in [0.05, 0.1) is 12.1 Å². The number of aromatic nitrogens is 3. The molecule has 0 radical (unpaired) electrons. The lowest BCUT2D eigenvalue weighted by atomic mass is 9.88. The Hall–Kier alpha value is -1.92. The molecule has 0 aliphatic carbocycles. The average molecular weight is 440 g/mol. The summed E-state index contributed by atoms with van der Waals surface area (Å²) in [6.07, 6.45) is 6.42. The van der Waals surface area contributed by atoms with E-state index in [1.807, 2.05) is 0 Å². The Balaban J connectivity index is 1.53. The Morgan fingerprint density at radius 3 is 2.28 bits per heavy atom. The van der Waals surface area contributed by atoms with Crippen molar-refractivity contribution in [1.29, 1.82) is 0 Å². The molecule has 32 heavy (non-hydrogen) atoms. The second-order valence-corrected chi connectivity index (χ2v) is 10.7. The zero-order valence-electron chi connectivity index (χ0n) is 20.7. The minimum atomic E-state index is 0.0887. The summed E-state index contributed by atoms with van der Waals surface area (Å²) < 4.78 is 8.41. The summed E-state index contributed by atoms with van der Waals surface area (Å²) >= 11 is 0. The highest BCUT2D eigenvalue weighted by molar-refractivity contribution is 5.60. The van der Waals surface area contributed by atoms with Crippen LogP contribution in [0.3, 0.4) is 0 Å². The van der Waals surface area contributed by atoms with Gasteiger partial charge in [0.2, 0.25) is 0 Å². The third-order valence-corrected chi connectivity index (χ3v) is 7.28. The Morgan fingerprint density at radius 2 is 1.66 bits per heavy atom. The molecular formula is C26H41N5O. The average Bonchev–Trinajstić information content (AvgIpc) is 3.22. The first-order valence-electron chi connectivity index (χ1n) is 12.4. The van der Waals surface area contributed by atoms with Crippen molar-refractivity contribution in [3.63, 3.8) is 0 Å². The lowest BCUT2D eigenvalue weighted by Crippen LogP contribution is -2.34. The number of rotatable bonds is 6. The van der Waals surface area contributed by atoms with Crippen LogP contribution >= 0.6 is 0 Å². The summed E-state index contributed by atoms with van der Waals surface area (Å²) in [5, 5.41) is 4.97. The molecule has 0 saturated carbocycles. The molecule has 4 rings (SSSR count). The van der Waals surface area contributed by atoms with Crippen molar-refractivity contribution >= 4 is 5.69 Å². The molecule has 1 atom stereocenters. The fraction of sp³-hybridized carbons (Fsp3) is 0.692.